The van der Waals surface area contributed by atoms with Crippen molar-refractivity contribution in [3.05, 3.63) is 89.7 Å². The summed E-state index contributed by atoms with van der Waals surface area (Å²) in [5, 5.41) is 5.37. The molecule has 0 heterocycles. The number of nitrogens with two attached hydrogens (primary N) is 1. The largest absolute Gasteiger partial charge is 0.366 e. The number of hydrogen-bond donors (Lipinski definition) is 3. The molecule has 8 heteroatoms. The van der Waals surface area contributed by atoms with Gasteiger partial charge in [0, 0.05) is 21.8 Å². The van der Waals surface area contributed by atoms with Crippen molar-refractivity contribution in [3.8, 4) is 0 Å². The molecule has 3 aromatic carbocycles. The highest BCUT2D eigenvalue weighted by atomic mass is 32.2. The van der Waals surface area contributed by atoms with E-state index in [0.29, 0.717) is 16.9 Å². The van der Waals surface area contributed by atoms with Gasteiger partial charge in [0.25, 0.3) is 5.91 Å². The second kappa shape index (κ2) is 9.71. The zero-order chi connectivity index (χ0) is 21.5. The molecule has 0 saturated heterocycles. The van der Waals surface area contributed by atoms with E-state index >= 15 is 0 Å². The standard InChI is InChI=1S/C22H18FN3O3S/c23-19-4-2-1-3-18(19)22(29)26-16-9-11-17(12-10-16)30-13-20(27)25-15-7-5-14(6-8-15)21(24)28/h1-12H,13H2,(H2,24,28)(H,25,27)(H,26,29). The monoisotopic (exact) mass is 423 g/mol. The van der Waals surface area contributed by atoms with E-state index in [1.54, 1.807) is 54.6 Å². The van der Waals surface area contributed by atoms with Crippen LogP contribution in [0.3, 0.4) is 0 Å². The molecule has 0 spiro atoms. The van der Waals surface area contributed by atoms with E-state index in [-0.39, 0.29) is 17.2 Å². The average Bonchev–Trinajstić information content (AvgIpc) is 2.74. The van der Waals surface area contributed by atoms with Crippen LogP contribution in [-0.2, 0) is 4.79 Å². The zero-order valence-electron chi connectivity index (χ0n) is 15.7. The maximum absolute atomic E-state index is 13.7. The van der Waals surface area contributed by atoms with Crippen LogP contribution in [0.2, 0.25) is 0 Å². The molecule has 6 nitrogen and oxygen atoms in total. The van der Waals surface area contributed by atoms with Gasteiger partial charge < -0.3 is 16.4 Å². The third kappa shape index (κ3) is 5.68. The molecular weight excluding hydrogens is 405 g/mol. The summed E-state index contributed by atoms with van der Waals surface area (Å²) in [7, 11) is 0. The van der Waals surface area contributed by atoms with Crippen molar-refractivity contribution in [3.63, 3.8) is 0 Å². The van der Waals surface area contributed by atoms with Crippen molar-refractivity contribution in [1.29, 1.82) is 0 Å². The molecule has 0 aliphatic heterocycles. The number of halogens is 1. The molecule has 0 fully saturated rings. The van der Waals surface area contributed by atoms with Gasteiger partial charge in [0.15, 0.2) is 0 Å². The number of benzene rings is 3. The van der Waals surface area contributed by atoms with Gasteiger partial charge in [-0.05, 0) is 60.7 Å². The van der Waals surface area contributed by atoms with Crippen molar-refractivity contribution in [2.45, 2.75) is 4.90 Å². The minimum atomic E-state index is -0.586. The lowest BCUT2D eigenvalue weighted by molar-refractivity contribution is -0.113. The number of rotatable bonds is 7. The Morgan fingerprint density at radius 3 is 2.07 bits per heavy atom. The Kier molecular flexibility index (Phi) is 6.82. The van der Waals surface area contributed by atoms with E-state index in [9.17, 15) is 18.8 Å². The lowest BCUT2D eigenvalue weighted by atomic mass is 10.2. The topological polar surface area (TPSA) is 101 Å². The molecule has 3 amide bonds. The van der Waals surface area contributed by atoms with Gasteiger partial charge in [-0.15, -0.1) is 11.8 Å². The van der Waals surface area contributed by atoms with Crippen LogP contribution in [0.4, 0.5) is 15.8 Å². The van der Waals surface area contributed by atoms with Crippen LogP contribution < -0.4 is 16.4 Å². The average molecular weight is 423 g/mol. The summed E-state index contributed by atoms with van der Waals surface area (Å²) < 4.78 is 13.7. The normalized spacial score (nSPS) is 10.3. The number of thioether (sulfide) groups is 1. The highest BCUT2D eigenvalue weighted by Gasteiger charge is 2.11. The summed E-state index contributed by atoms with van der Waals surface area (Å²) >= 11 is 1.32. The molecule has 0 aliphatic carbocycles. The molecule has 0 atom stereocenters. The number of anilines is 2. The predicted octanol–water partition coefficient (Wildman–Crippen LogP) is 3.91. The zero-order valence-corrected chi connectivity index (χ0v) is 16.5. The van der Waals surface area contributed by atoms with Crippen LogP contribution >= 0.6 is 11.8 Å². The minimum Gasteiger partial charge on any atom is -0.366 e. The lowest BCUT2D eigenvalue weighted by Gasteiger charge is -2.08. The van der Waals surface area contributed by atoms with Crippen molar-refractivity contribution in [2.75, 3.05) is 16.4 Å². The number of nitrogens with one attached hydrogen (secondary N) is 2. The van der Waals surface area contributed by atoms with E-state index in [2.05, 4.69) is 10.6 Å². The van der Waals surface area contributed by atoms with Gasteiger partial charge in [-0.3, -0.25) is 14.4 Å². The first-order chi connectivity index (χ1) is 14.4. The van der Waals surface area contributed by atoms with E-state index in [1.807, 2.05) is 0 Å². The van der Waals surface area contributed by atoms with Gasteiger partial charge >= 0.3 is 0 Å². The molecule has 0 unspecified atom stereocenters. The Balaban J connectivity index is 1.50. The molecule has 30 heavy (non-hydrogen) atoms. The van der Waals surface area contributed by atoms with Crippen molar-refractivity contribution < 1.29 is 18.8 Å². The SMILES string of the molecule is NC(=O)c1ccc(NC(=O)CSc2ccc(NC(=O)c3ccccc3F)cc2)cc1. The Bertz CT molecular complexity index is 1070. The van der Waals surface area contributed by atoms with Crippen LogP contribution in [0.5, 0.6) is 0 Å². The molecule has 3 rings (SSSR count). The number of amides is 3. The predicted molar refractivity (Wildman–Crippen MR) is 115 cm³/mol. The fourth-order valence-electron chi connectivity index (χ4n) is 2.54. The smallest absolute Gasteiger partial charge is 0.258 e. The maximum Gasteiger partial charge on any atom is 0.258 e. The first-order valence-electron chi connectivity index (χ1n) is 8.91. The van der Waals surface area contributed by atoms with Crippen molar-refractivity contribution in [2.24, 2.45) is 5.73 Å². The molecule has 3 aromatic rings. The molecule has 152 valence electrons. The first-order valence-corrected chi connectivity index (χ1v) is 9.89. The van der Waals surface area contributed by atoms with Gasteiger partial charge in [0.05, 0.1) is 11.3 Å². The van der Waals surface area contributed by atoms with Crippen LogP contribution in [0.15, 0.2) is 77.7 Å². The molecule has 0 saturated carbocycles. The van der Waals surface area contributed by atoms with Crippen LogP contribution in [0, 0.1) is 5.82 Å². The Morgan fingerprint density at radius 2 is 1.43 bits per heavy atom. The Labute approximate surface area is 176 Å². The molecule has 4 N–H and O–H groups in total. The maximum atomic E-state index is 13.7. The molecule has 0 aromatic heterocycles. The van der Waals surface area contributed by atoms with Gasteiger partial charge in [0.1, 0.15) is 5.82 Å². The van der Waals surface area contributed by atoms with E-state index in [4.69, 9.17) is 5.73 Å². The van der Waals surface area contributed by atoms with E-state index < -0.39 is 17.6 Å². The fraction of sp³-hybridized carbons (Fsp3) is 0.0455. The minimum absolute atomic E-state index is 0.0310. The quantitative estimate of drug-likeness (QED) is 0.502. The molecular formula is C22H18FN3O3S. The van der Waals surface area contributed by atoms with Gasteiger partial charge in [-0.25, -0.2) is 4.39 Å². The number of primary amides is 1. The third-order valence-electron chi connectivity index (χ3n) is 4.05. The summed E-state index contributed by atoms with van der Waals surface area (Å²) in [6, 6.07) is 18.9. The van der Waals surface area contributed by atoms with Crippen molar-refractivity contribution >= 4 is 40.9 Å². The molecule has 0 radical (unpaired) electrons. The van der Waals surface area contributed by atoms with Crippen LogP contribution in [-0.4, -0.2) is 23.5 Å². The lowest BCUT2D eigenvalue weighted by Crippen LogP contribution is -2.15. The number of carbonyl (C=O) groups is 3. The van der Waals surface area contributed by atoms with Crippen LogP contribution in [0.25, 0.3) is 0 Å². The Morgan fingerprint density at radius 1 is 0.833 bits per heavy atom. The number of hydrogen-bond acceptors (Lipinski definition) is 4. The van der Waals surface area contributed by atoms with Crippen molar-refractivity contribution in [1.82, 2.24) is 0 Å². The van der Waals surface area contributed by atoms with Gasteiger partial charge in [-0.2, -0.15) is 0 Å². The Hall–Kier alpha value is -3.65. The summed E-state index contributed by atoms with van der Waals surface area (Å²) in [6.45, 7) is 0. The summed E-state index contributed by atoms with van der Waals surface area (Å²) in [5.41, 5.74) is 6.60. The van der Waals surface area contributed by atoms with Gasteiger partial charge in [-0.1, -0.05) is 12.1 Å². The summed E-state index contributed by atoms with van der Waals surface area (Å²) in [5.74, 6) is -1.67. The second-order valence-electron chi connectivity index (χ2n) is 6.24. The third-order valence-corrected chi connectivity index (χ3v) is 5.07. The van der Waals surface area contributed by atoms with Gasteiger partial charge in [0.2, 0.25) is 11.8 Å². The highest BCUT2D eigenvalue weighted by Crippen LogP contribution is 2.21. The summed E-state index contributed by atoms with van der Waals surface area (Å²) in [6.07, 6.45) is 0. The second-order valence-corrected chi connectivity index (χ2v) is 7.29. The van der Waals surface area contributed by atoms with E-state index in [1.165, 1.54) is 30.0 Å². The first kappa shape index (κ1) is 21.1. The number of carbonyl (C=O) groups excluding carboxylic acids is 3. The molecule has 0 aliphatic rings. The summed E-state index contributed by atoms with van der Waals surface area (Å²) in [4.78, 5) is 36.1. The highest BCUT2D eigenvalue weighted by molar-refractivity contribution is 8.00. The molecule has 0 bridgehead atoms. The van der Waals surface area contributed by atoms with E-state index in [0.717, 1.165) is 4.90 Å². The fourth-order valence-corrected chi connectivity index (χ4v) is 3.24. The van der Waals surface area contributed by atoms with Crippen LogP contribution in [0.1, 0.15) is 20.7 Å².